The van der Waals surface area contributed by atoms with Crippen molar-refractivity contribution in [3.8, 4) is 0 Å². The summed E-state index contributed by atoms with van der Waals surface area (Å²) >= 11 is 1.86. The maximum Gasteiger partial charge on any atom is 0.317 e. The highest BCUT2D eigenvalue weighted by atomic mass is 32.2. The molecule has 1 heterocycles. The Bertz CT molecular complexity index is 325. The van der Waals surface area contributed by atoms with Gasteiger partial charge in [0, 0.05) is 19.1 Å². The van der Waals surface area contributed by atoms with E-state index in [-0.39, 0.29) is 18.0 Å². The summed E-state index contributed by atoms with van der Waals surface area (Å²) in [5.74, 6) is 0.901. The Morgan fingerprint density at radius 1 is 1.47 bits per heavy atom. The molecule has 1 fully saturated rings. The van der Waals surface area contributed by atoms with E-state index in [4.69, 9.17) is 5.11 Å². The summed E-state index contributed by atoms with van der Waals surface area (Å²) in [7, 11) is 0. The number of amides is 2. The van der Waals surface area contributed by atoms with E-state index in [1.807, 2.05) is 25.6 Å². The molecule has 6 heteroatoms. The molecule has 0 aliphatic carbocycles. The number of carboxylic acid groups (broad SMARTS) is 1. The zero-order valence-electron chi connectivity index (χ0n) is 11.9. The number of thioether (sulfide) groups is 1. The summed E-state index contributed by atoms with van der Waals surface area (Å²) in [5.41, 5.74) is 0. The Morgan fingerprint density at radius 3 is 2.68 bits per heavy atom. The van der Waals surface area contributed by atoms with Gasteiger partial charge in [0.25, 0.3) is 0 Å². The molecule has 0 spiro atoms. The second-order valence-corrected chi connectivity index (χ2v) is 6.56. The fraction of sp³-hybridized carbons (Fsp3) is 0.846. The van der Waals surface area contributed by atoms with Crippen LogP contribution in [-0.2, 0) is 4.79 Å². The Kier molecular flexibility index (Phi) is 6.48. The zero-order chi connectivity index (χ0) is 14.4. The zero-order valence-corrected chi connectivity index (χ0v) is 12.7. The lowest BCUT2D eigenvalue weighted by molar-refractivity contribution is -0.142. The number of carboxylic acids is 1. The van der Waals surface area contributed by atoms with E-state index >= 15 is 0 Å². The molecule has 0 aromatic carbocycles. The highest BCUT2D eigenvalue weighted by Crippen LogP contribution is 2.23. The first-order valence-electron chi connectivity index (χ1n) is 6.81. The van der Waals surface area contributed by atoms with Crippen LogP contribution < -0.4 is 5.32 Å². The second-order valence-electron chi connectivity index (χ2n) is 5.16. The monoisotopic (exact) mass is 288 g/mol. The number of hydrogen-bond donors (Lipinski definition) is 2. The molecule has 0 radical (unpaired) electrons. The van der Waals surface area contributed by atoms with Gasteiger partial charge in [-0.25, -0.2) is 4.79 Å². The number of hydrogen-bond acceptors (Lipinski definition) is 3. The molecule has 1 aliphatic rings. The van der Waals surface area contributed by atoms with E-state index in [0.29, 0.717) is 13.1 Å². The minimum atomic E-state index is -0.810. The van der Waals surface area contributed by atoms with Gasteiger partial charge in [0.15, 0.2) is 0 Å². The number of likely N-dealkylation sites (tertiary alicyclic amines) is 1. The van der Waals surface area contributed by atoms with Crippen LogP contribution in [0.5, 0.6) is 0 Å². The summed E-state index contributed by atoms with van der Waals surface area (Å²) in [4.78, 5) is 24.7. The predicted molar refractivity (Wildman–Crippen MR) is 77.5 cm³/mol. The van der Waals surface area contributed by atoms with Gasteiger partial charge >= 0.3 is 12.0 Å². The van der Waals surface area contributed by atoms with E-state index in [0.717, 1.165) is 17.9 Å². The SMILES string of the molecule is CCSCCC(C)NC(=O)N1C[C@@H](C)[C@H](C(=O)O)C1. The van der Waals surface area contributed by atoms with Gasteiger partial charge in [-0.15, -0.1) is 0 Å². The van der Waals surface area contributed by atoms with Crippen molar-refractivity contribution in [2.45, 2.75) is 33.2 Å². The average molecular weight is 288 g/mol. The van der Waals surface area contributed by atoms with Crippen LogP contribution in [0.15, 0.2) is 0 Å². The van der Waals surface area contributed by atoms with Gasteiger partial charge in [-0.05, 0) is 30.8 Å². The van der Waals surface area contributed by atoms with Crippen molar-refractivity contribution in [2.24, 2.45) is 11.8 Å². The first kappa shape index (κ1) is 16.1. The molecule has 5 nitrogen and oxygen atoms in total. The molecule has 3 atom stereocenters. The Balaban J connectivity index is 2.36. The van der Waals surface area contributed by atoms with Crippen molar-refractivity contribution in [3.63, 3.8) is 0 Å². The molecule has 2 amide bonds. The molecule has 1 aliphatic heterocycles. The summed E-state index contributed by atoms with van der Waals surface area (Å²) in [6, 6.07) is -0.00432. The quantitative estimate of drug-likeness (QED) is 0.732. The van der Waals surface area contributed by atoms with Gasteiger partial charge in [0.05, 0.1) is 5.92 Å². The molecular weight excluding hydrogens is 264 g/mol. The standard InChI is InChI=1S/C13H24N2O3S/c1-4-19-6-5-10(3)14-13(18)15-7-9(2)11(8-15)12(16)17/h9-11H,4-8H2,1-3H3,(H,14,18)(H,16,17)/t9-,10?,11-/m1/s1. The number of urea groups is 1. The lowest BCUT2D eigenvalue weighted by atomic mass is 9.99. The van der Waals surface area contributed by atoms with Crippen molar-refractivity contribution in [2.75, 3.05) is 24.6 Å². The minimum Gasteiger partial charge on any atom is -0.481 e. The van der Waals surface area contributed by atoms with Crippen LogP contribution in [0.4, 0.5) is 4.79 Å². The van der Waals surface area contributed by atoms with E-state index in [9.17, 15) is 9.59 Å². The third kappa shape index (κ3) is 4.93. The van der Waals surface area contributed by atoms with Gasteiger partial charge in [-0.2, -0.15) is 11.8 Å². The van der Waals surface area contributed by atoms with Gasteiger partial charge in [0.2, 0.25) is 0 Å². The van der Waals surface area contributed by atoms with E-state index in [1.54, 1.807) is 4.90 Å². The predicted octanol–water partition coefficient (Wildman–Crippen LogP) is 1.88. The molecule has 0 aromatic heterocycles. The Hall–Kier alpha value is -0.910. The Labute approximate surface area is 119 Å². The van der Waals surface area contributed by atoms with E-state index in [1.165, 1.54) is 0 Å². The largest absolute Gasteiger partial charge is 0.481 e. The average Bonchev–Trinajstić information content (AvgIpc) is 2.72. The van der Waals surface area contributed by atoms with Crippen LogP contribution in [0.25, 0.3) is 0 Å². The van der Waals surface area contributed by atoms with Crippen molar-refractivity contribution in [1.29, 1.82) is 0 Å². The fourth-order valence-corrected chi connectivity index (χ4v) is 3.04. The maximum absolute atomic E-state index is 12.0. The molecule has 110 valence electrons. The summed E-state index contributed by atoms with van der Waals surface area (Å²) in [5, 5.41) is 12.0. The molecule has 1 unspecified atom stereocenters. The molecule has 2 N–H and O–H groups in total. The lowest BCUT2D eigenvalue weighted by Crippen LogP contribution is -2.43. The van der Waals surface area contributed by atoms with Crippen molar-refractivity contribution >= 4 is 23.8 Å². The molecule has 0 saturated carbocycles. The number of rotatable bonds is 6. The smallest absolute Gasteiger partial charge is 0.317 e. The van der Waals surface area contributed by atoms with Gasteiger partial charge in [0.1, 0.15) is 0 Å². The number of carbonyl (C=O) groups excluding carboxylic acids is 1. The first-order valence-corrected chi connectivity index (χ1v) is 7.97. The Morgan fingerprint density at radius 2 is 2.16 bits per heavy atom. The van der Waals surface area contributed by atoms with Gasteiger partial charge < -0.3 is 15.3 Å². The topological polar surface area (TPSA) is 69.6 Å². The van der Waals surface area contributed by atoms with Crippen LogP contribution in [0.2, 0.25) is 0 Å². The summed E-state index contributed by atoms with van der Waals surface area (Å²) in [6.45, 7) is 6.83. The molecule has 19 heavy (non-hydrogen) atoms. The summed E-state index contributed by atoms with van der Waals surface area (Å²) < 4.78 is 0. The lowest BCUT2D eigenvalue weighted by Gasteiger charge is -2.20. The third-order valence-electron chi connectivity index (χ3n) is 3.49. The number of nitrogens with one attached hydrogen (secondary N) is 1. The summed E-state index contributed by atoms with van der Waals surface area (Å²) in [6.07, 6.45) is 0.940. The molecule has 0 bridgehead atoms. The van der Waals surface area contributed by atoms with Crippen molar-refractivity contribution in [3.05, 3.63) is 0 Å². The van der Waals surface area contributed by atoms with Gasteiger partial charge in [-0.1, -0.05) is 13.8 Å². The van der Waals surface area contributed by atoms with Gasteiger partial charge in [-0.3, -0.25) is 4.79 Å². The van der Waals surface area contributed by atoms with Crippen LogP contribution in [0.1, 0.15) is 27.2 Å². The minimum absolute atomic E-state index is 0.0224. The normalized spacial score (nSPS) is 24.3. The van der Waals surface area contributed by atoms with E-state index in [2.05, 4.69) is 12.2 Å². The highest BCUT2D eigenvalue weighted by Gasteiger charge is 2.37. The fourth-order valence-electron chi connectivity index (χ4n) is 2.23. The third-order valence-corrected chi connectivity index (χ3v) is 4.42. The first-order chi connectivity index (χ1) is 8.95. The molecule has 0 aromatic rings. The molecule has 1 saturated heterocycles. The van der Waals surface area contributed by atoms with Crippen molar-refractivity contribution < 1.29 is 14.7 Å². The highest BCUT2D eigenvalue weighted by molar-refractivity contribution is 7.99. The van der Waals surface area contributed by atoms with E-state index < -0.39 is 11.9 Å². The number of aliphatic carboxylic acids is 1. The van der Waals surface area contributed by atoms with Crippen LogP contribution >= 0.6 is 11.8 Å². The second kappa shape index (κ2) is 7.62. The number of nitrogens with zero attached hydrogens (tertiary/aromatic N) is 1. The van der Waals surface area contributed by atoms with Crippen molar-refractivity contribution in [1.82, 2.24) is 10.2 Å². The van der Waals surface area contributed by atoms with Crippen LogP contribution in [0.3, 0.4) is 0 Å². The van der Waals surface area contributed by atoms with Crippen LogP contribution in [0, 0.1) is 11.8 Å². The molecular formula is C13H24N2O3S. The number of carbonyl (C=O) groups is 2. The maximum atomic E-state index is 12.0. The van der Waals surface area contributed by atoms with Crippen LogP contribution in [-0.4, -0.2) is 52.6 Å². The molecule has 1 rings (SSSR count).